The van der Waals surface area contributed by atoms with Crippen LogP contribution in [0.2, 0.25) is 0 Å². The summed E-state index contributed by atoms with van der Waals surface area (Å²) in [6, 6.07) is 7.27. The van der Waals surface area contributed by atoms with Crippen molar-refractivity contribution in [3.05, 3.63) is 23.8 Å². The Hall–Kier alpha value is -1.22. The predicted octanol–water partition coefficient (Wildman–Crippen LogP) is 3.27. The molecule has 0 heterocycles. The van der Waals surface area contributed by atoms with E-state index in [9.17, 15) is 0 Å². The summed E-state index contributed by atoms with van der Waals surface area (Å²) >= 11 is 0. The highest BCUT2D eigenvalue weighted by Crippen LogP contribution is 2.69. The summed E-state index contributed by atoms with van der Waals surface area (Å²) in [5.74, 6) is 1.68. The van der Waals surface area contributed by atoms with Gasteiger partial charge in [-0.05, 0) is 61.6 Å². The van der Waals surface area contributed by atoms with Crippen molar-refractivity contribution in [2.24, 2.45) is 5.41 Å². The molecule has 21 heavy (non-hydrogen) atoms. The molecule has 114 valence electrons. The molecule has 1 aromatic rings. The van der Waals surface area contributed by atoms with Gasteiger partial charge in [-0.2, -0.15) is 0 Å². The molecule has 1 N–H and O–H groups in total. The molecule has 0 atom stereocenters. The van der Waals surface area contributed by atoms with E-state index in [1.165, 1.54) is 44.1 Å². The van der Waals surface area contributed by atoms with Crippen molar-refractivity contribution in [3.8, 4) is 11.5 Å². The molecule has 0 unspecified atom stereocenters. The van der Waals surface area contributed by atoms with Crippen LogP contribution in [0.25, 0.3) is 0 Å². The van der Waals surface area contributed by atoms with Crippen LogP contribution in [-0.4, -0.2) is 26.8 Å². The highest BCUT2D eigenvalue weighted by atomic mass is 16.5. The lowest BCUT2D eigenvalue weighted by molar-refractivity contribution is 0.115. The first-order valence-corrected chi connectivity index (χ1v) is 8.15. The van der Waals surface area contributed by atoms with Gasteiger partial charge in [0.25, 0.3) is 0 Å². The van der Waals surface area contributed by atoms with Gasteiger partial charge in [-0.15, -0.1) is 0 Å². The second kappa shape index (κ2) is 4.64. The highest BCUT2D eigenvalue weighted by Gasteiger charge is 2.61. The van der Waals surface area contributed by atoms with E-state index >= 15 is 0 Å². The Morgan fingerprint density at radius 1 is 1.10 bits per heavy atom. The Balaban J connectivity index is 1.60. The van der Waals surface area contributed by atoms with Gasteiger partial charge in [0.1, 0.15) is 0 Å². The molecule has 3 fully saturated rings. The van der Waals surface area contributed by atoms with Crippen molar-refractivity contribution in [2.75, 3.05) is 20.8 Å². The van der Waals surface area contributed by atoms with Gasteiger partial charge < -0.3 is 14.8 Å². The second-order valence-corrected chi connectivity index (χ2v) is 7.36. The number of hydrogen-bond donors (Lipinski definition) is 1. The number of benzene rings is 1. The summed E-state index contributed by atoms with van der Waals surface area (Å²) < 4.78 is 10.9. The standard InChI is InChI=1S/C18H25NO2/c1-20-15-6-3-13(9-16(15)21-2)18(12-19-14-4-5-14)10-17(11-18)7-8-17/h3,6,9,14,19H,4-5,7-8,10-12H2,1-2H3. The van der Waals surface area contributed by atoms with Crippen molar-refractivity contribution in [1.82, 2.24) is 5.32 Å². The van der Waals surface area contributed by atoms with E-state index in [0.717, 1.165) is 24.1 Å². The highest BCUT2D eigenvalue weighted by molar-refractivity contribution is 5.47. The number of rotatable bonds is 6. The minimum absolute atomic E-state index is 0.318. The van der Waals surface area contributed by atoms with Crippen LogP contribution in [0.4, 0.5) is 0 Å². The zero-order chi connectivity index (χ0) is 14.5. The molecule has 4 rings (SSSR count). The van der Waals surface area contributed by atoms with Crippen molar-refractivity contribution in [2.45, 2.75) is 50.0 Å². The average Bonchev–Trinajstić information content (AvgIpc) is 3.36. The maximum absolute atomic E-state index is 5.50. The van der Waals surface area contributed by atoms with E-state index in [4.69, 9.17) is 9.47 Å². The molecular weight excluding hydrogens is 262 g/mol. The largest absolute Gasteiger partial charge is 0.493 e. The SMILES string of the molecule is COc1ccc(C2(CNC3CC3)CC3(CC3)C2)cc1OC. The molecule has 0 saturated heterocycles. The minimum Gasteiger partial charge on any atom is -0.493 e. The Labute approximate surface area is 127 Å². The lowest BCUT2D eigenvalue weighted by Crippen LogP contribution is -2.50. The Morgan fingerprint density at radius 2 is 1.81 bits per heavy atom. The molecule has 0 amide bonds. The van der Waals surface area contributed by atoms with Crippen LogP contribution in [-0.2, 0) is 5.41 Å². The van der Waals surface area contributed by atoms with Crippen LogP contribution >= 0.6 is 0 Å². The minimum atomic E-state index is 0.318. The summed E-state index contributed by atoms with van der Waals surface area (Å²) in [5, 5.41) is 3.76. The van der Waals surface area contributed by atoms with Gasteiger partial charge in [0, 0.05) is 18.0 Å². The summed E-state index contributed by atoms with van der Waals surface area (Å²) in [5.41, 5.74) is 2.43. The zero-order valence-corrected chi connectivity index (χ0v) is 13.1. The molecule has 0 radical (unpaired) electrons. The van der Waals surface area contributed by atoms with Crippen molar-refractivity contribution in [1.29, 1.82) is 0 Å². The third kappa shape index (κ3) is 2.32. The molecule has 0 bridgehead atoms. The van der Waals surface area contributed by atoms with Gasteiger partial charge in [0.15, 0.2) is 11.5 Å². The molecule has 3 aliphatic carbocycles. The van der Waals surface area contributed by atoms with Gasteiger partial charge in [-0.25, -0.2) is 0 Å². The lowest BCUT2D eigenvalue weighted by Gasteiger charge is -2.50. The van der Waals surface area contributed by atoms with Crippen LogP contribution in [0, 0.1) is 5.41 Å². The van der Waals surface area contributed by atoms with E-state index in [1.54, 1.807) is 14.2 Å². The van der Waals surface area contributed by atoms with Gasteiger partial charge in [0.05, 0.1) is 14.2 Å². The lowest BCUT2D eigenvalue weighted by atomic mass is 9.56. The number of ether oxygens (including phenoxy) is 2. The third-order valence-electron chi connectivity index (χ3n) is 5.69. The maximum atomic E-state index is 5.50. The second-order valence-electron chi connectivity index (χ2n) is 7.36. The molecule has 3 heteroatoms. The van der Waals surface area contributed by atoms with E-state index in [0.29, 0.717) is 10.8 Å². The first-order valence-electron chi connectivity index (χ1n) is 8.15. The first kappa shape index (κ1) is 13.4. The van der Waals surface area contributed by atoms with E-state index in [-0.39, 0.29) is 0 Å². The van der Waals surface area contributed by atoms with E-state index in [1.807, 2.05) is 0 Å². The molecule has 1 spiro atoms. The predicted molar refractivity (Wildman–Crippen MR) is 83.1 cm³/mol. The Kier molecular flexibility index (Phi) is 2.97. The van der Waals surface area contributed by atoms with Crippen LogP contribution in [0.1, 0.15) is 44.1 Å². The summed E-state index contributed by atoms with van der Waals surface area (Å²) in [7, 11) is 3.42. The molecule has 0 aromatic heterocycles. The molecule has 1 aromatic carbocycles. The quantitative estimate of drug-likeness (QED) is 0.871. The fraction of sp³-hybridized carbons (Fsp3) is 0.667. The normalized spacial score (nSPS) is 24.5. The summed E-state index contributed by atoms with van der Waals surface area (Å²) in [6.45, 7) is 1.12. The zero-order valence-electron chi connectivity index (χ0n) is 13.1. The first-order chi connectivity index (χ1) is 10.2. The van der Waals surface area contributed by atoms with Crippen molar-refractivity contribution < 1.29 is 9.47 Å². The monoisotopic (exact) mass is 287 g/mol. The maximum Gasteiger partial charge on any atom is 0.161 e. The van der Waals surface area contributed by atoms with Gasteiger partial charge >= 0.3 is 0 Å². The Morgan fingerprint density at radius 3 is 2.38 bits per heavy atom. The summed E-state index contributed by atoms with van der Waals surface area (Å²) in [4.78, 5) is 0. The van der Waals surface area contributed by atoms with Gasteiger partial charge in [-0.1, -0.05) is 6.07 Å². The molecule has 3 nitrogen and oxygen atoms in total. The summed E-state index contributed by atoms with van der Waals surface area (Å²) in [6.07, 6.45) is 8.27. The van der Waals surface area contributed by atoms with Crippen molar-refractivity contribution >= 4 is 0 Å². The van der Waals surface area contributed by atoms with Gasteiger partial charge in [-0.3, -0.25) is 0 Å². The molecular formula is C18H25NO2. The fourth-order valence-corrected chi connectivity index (χ4v) is 4.14. The fourth-order valence-electron chi connectivity index (χ4n) is 4.14. The number of methoxy groups -OCH3 is 2. The van der Waals surface area contributed by atoms with Gasteiger partial charge in [0.2, 0.25) is 0 Å². The average molecular weight is 287 g/mol. The van der Waals surface area contributed by atoms with Crippen LogP contribution in [0.5, 0.6) is 11.5 Å². The smallest absolute Gasteiger partial charge is 0.161 e. The van der Waals surface area contributed by atoms with E-state index in [2.05, 4.69) is 23.5 Å². The van der Waals surface area contributed by atoms with Crippen LogP contribution < -0.4 is 14.8 Å². The Bertz CT molecular complexity index is 538. The number of nitrogens with one attached hydrogen (secondary N) is 1. The molecule has 3 saturated carbocycles. The number of hydrogen-bond acceptors (Lipinski definition) is 3. The third-order valence-corrected chi connectivity index (χ3v) is 5.69. The molecule has 0 aliphatic heterocycles. The topological polar surface area (TPSA) is 30.5 Å². The van der Waals surface area contributed by atoms with Crippen molar-refractivity contribution in [3.63, 3.8) is 0 Å². The van der Waals surface area contributed by atoms with Crippen LogP contribution in [0.3, 0.4) is 0 Å². The molecule has 3 aliphatic rings. The van der Waals surface area contributed by atoms with Crippen LogP contribution in [0.15, 0.2) is 18.2 Å². The van der Waals surface area contributed by atoms with E-state index < -0.39 is 0 Å².